The third-order valence-electron chi connectivity index (χ3n) is 9.36. The molecule has 0 amide bonds. The maximum absolute atomic E-state index is 13.1. The molecule has 5 aromatic rings. The Morgan fingerprint density at radius 1 is 0.429 bits per heavy atom. The van der Waals surface area contributed by atoms with Gasteiger partial charge < -0.3 is 20.4 Å². The molecule has 0 radical (unpaired) electrons. The van der Waals surface area contributed by atoms with E-state index in [1.54, 1.807) is 0 Å². The number of rotatable bonds is 6. The molecule has 0 saturated carbocycles. The molecule has 2 aromatic carbocycles. The Labute approximate surface area is 304 Å². The van der Waals surface area contributed by atoms with E-state index in [2.05, 4.69) is 83.1 Å². The van der Waals surface area contributed by atoms with E-state index in [9.17, 15) is 20.4 Å². The van der Waals surface area contributed by atoms with Gasteiger partial charge in [-0.1, -0.05) is 95.2 Å². The molecule has 0 aliphatic rings. The van der Waals surface area contributed by atoms with Crippen LogP contribution in [0.1, 0.15) is 136 Å². The fraction of sp³-hybridized carbons (Fsp3) is 0.429. The van der Waals surface area contributed by atoms with Crippen molar-refractivity contribution in [1.29, 1.82) is 0 Å². The largest absolute Gasteiger partial charge is 0.507 e. The van der Waals surface area contributed by atoms with E-state index in [4.69, 9.17) is 0 Å². The molecule has 2 atom stereocenters. The summed E-state index contributed by atoms with van der Waals surface area (Å²) in [7, 11) is 0. The predicted molar refractivity (Wildman–Crippen MR) is 208 cm³/mol. The van der Waals surface area contributed by atoms with Crippen LogP contribution in [0.5, 0.6) is 11.5 Å². The normalized spacial score (nSPS) is 15.6. The molecule has 5 rings (SSSR count). The second-order valence-electron chi connectivity index (χ2n) is 17.4. The van der Waals surface area contributed by atoms with Crippen molar-refractivity contribution in [3.63, 3.8) is 0 Å². The summed E-state index contributed by atoms with van der Waals surface area (Å²) in [5.41, 5.74) is -0.223. The molecule has 3 heterocycles. The summed E-state index contributed by atoms with van der Waals surface area (Å²) in [4.78, 5) is 2.83. The summed E-state index contributed by atoms with van der Waals surface area (Å²) in [6.45, 7) is 24.9. The van der Waals surface area contributed by atoms with Crippen LogP contribution in [0.15, 0.2) is 71.4 Å². The molecule has 0 fully saturated rings. The Morgan fingerprint density at radius 3 is 0.939 bits per heavy atom. The summed E-state index contributed by atoms with van der Waals surface area (Å²) in [6, 6.07) is 19.4. The zero-order chi connectivity index (χ0) is 36.5. The first-order chi connectivity index (χ1) is 22.4. The van der Waals surface area contributed by atoms with Gasteiger partial charge in [0, 0.05) is 19.5 Å². The number of hydrogen-bond donors (Lipinski definition) is 4. The van der Waals surface area contributed by atoms with Crippen molar-refractivity contribution in [3.8, 4) is 11.5 Å². The van der Waals surface area contributed by atoms with Gasteiger partial charge in [-0.2, -0.15) is 0 Å². The molecule has 0 aliphatic carbocycles. The van der Waals surface area contributed by atoms with E-state index in [1.165, 1.54) is 34.0 Å². The third kappa shape index (κ3) is 6.65. The number of phenols is 2. The van der Waals surface area contributed by atoms with Gasteiger partial charge in [0.1, 0.15) is 11.5 Å². The van der Waals surface area contributed by atoms with Crippen LogP contribution in [0.2, 0.25) is 0 Å². The Bertz CT molecular complexity index is 1730. The molecule has 0 aliphatic heterocycles. The highest BCUT2D eigenvalue weighted by Gasteiger charge is 2.44. The first-order valence-electron chi connectivity index (χ1n) is 16.8. The first kappa shape index (κ1) is 37.3. The van der Waals surface area contributed by atoms with Crippen molar-refractivity contribution in [2.75, 3.05) is 0 Å². The monoisotopic (exact) mass is 716 g/mol. The van der Waals surface area contributed by atoms with Gasteiger partial charge in [0.2, 0.25) is 0 Å². The fourth-order valence-corrected chi connectivity index (χ4v) is 9.59. The minimum Gasteiger partial charge on any atom is -0.507 e. The van der Waals surface area contributed by atoms with Crippen molar-refractivity contribution < 1.29 is 20.4 Å². The first-order valence-corrected chi connectivity index (χ1v) is 19.4. The minimum absolute atomic E-state index is 0.257. The highest BCUT2D eigenvalue weighted by atomic mass is 32.1. The molecular formula is C42H52O4S3. The zero-order valence-electron chi connectivity index (χ0n) is 30.9. The Morgan fingerprint density at radius 2 is 0.714 bits per heavy atom. The maximum Gasteiger partial charge on any atom is 0.158 e. The number of hydrogen-bond acceptors (Lipinski definition) is 7. The average molecular weight is 717 g/mol. The standard InChI is InChI=1S/C42H52O4S3/c1-37(2,3)27-21-25(22-28(35(27)43)38(4,5)6)41(45,31-15-13-19-47-31)33-17-18-34(49-33)42(46,32-16-14-20-48-32)26-23-29(39(7,8)9)36(44)30(24-26)40(10,11)12/h13-24,43-46H,1-12H3. The summed E-state index contributed by atoms with van der Waals surface area (Å²) < 4.78 is 0. The summed E-state index contributed by atoms with van der Waals surface area (Å²) in [6.07, 6.45) is 0. The zero-order valence-corrected chi connectivity index (χ0v) is 33.4. The van der Waals surface area contributed by atoms with E-state index in [0.29, 0.717) is 20.9 Å². The van der Waals surface area contributed by atoms with E-state index < -0.39 is 11.2 Å². The van der Waals surface area contributed by atoms with Gasteiger partial charge in [0.25, 0.3) is 0 Å². The molecule has 4 N–H and O–H groups in total. The molecule has 0 bridgehead atoms. The molecule has 3 aromatic heterocycles. The molecular weight excluding hydrogens is 665 g/mol. The van der Waals surface area contributed by atoms with Crippen LogP contribution in [0, 0.1) is 0 Å². The lowest BCUT2D eigenvalue weighted by atomic mass is 9.75. The second kappa shape index (κ2) is 12.4. The molecule has 0 spiro atoms. The molecule has 4 nitrogen and oxygen atoms in total. The van der Waals surface area contributed by atoms with Crippen LogP contribution >= 0.6 is 34.0 Å². The van der Waals surface area contributed by atoms with Gasteiger partial charge >= 0.3 is 0 Å². The van der Waals surface area contributed by atoms with E-state index >= 15 is 0 Å². The Balaban J connectivity index is 1.82. The number of aromatic hydroxyl groups is 2. The Kier molecular flexibility index (Phi) is 9.43. The van der Waals surface area contributed by atoms with E-state index in [-0.39, 0.29) is 33.2 Å². The van der Waals surface area contributed by atoms with Gasteiger partial charge in [-0.25, -0.2) is 0 Å². The van der Waals surface area contributed by atoms with Gasteiger partial charge in [-0.15, -0.1) is 34.0 Å². The molecule has 49 heavy (non-hydrogen) atoms. The quantitative estimate of drug-likeness (QED) is 0.141. The molecule has 0 saturated heterocycles. The van der Waals surface area contributed by atoms with Crippen molar-refractivity contribution in [1.82, 2.24) is 0 Å². The Hall–Kier alpha value is -2.94. The number of thiophene rings is 3. The predicted octanol–water partition coefficient (Wildman–Crippen LogP) is 11.0. The average Bonchev–Trinajstić information content (AvgIpc) is 3.77. The van der Waals surface area contributed by atoms with Gasteiger partial charge in [0.15, 0.2) is 11.2 Å². The second-order valence-corrected chi connectivity index (χ2v) is 20.4. The van der Waals surface area contributed by atoms with Gasteiger partial charge in [-0.3, -0.25) is 0 Å². The summed E-state index contributed by atoms with van der Waals surface area (Å²) in [5.74, 6) is 0.515. The lowest BCUT2D eigenvalue weighted by molar-refractivity contribution is 0.132. The van der Waals surface area contributed by atoms with Crippen LogP contribution in [0.4, 0.5) is 0 Å². The smallest absolute Gasteiger partial charge is 0.158 e. The fourth-order valence-electron chi connectivity index (χ4n) is 6.48. The van der Waals surface area contributed by atoms with Crippen molar-refractivity contribution in [2.45, 2.75) is 116 Å². The van der Waals surface area contributed by atoms with Crippen LogP contribution in [-0.2, 0) is 32.9 Å². The highest BCUT2D eigenvalue weighted by molar-refractivity contribution is 7.14. The van der Waals surface area contributed by atoms with Crippen molar-refractivity contribution in [3.05, 3.63) is 124 Å². The highest BCUT2D eigenvalue weighted by Crippen LogP contribution is 2.51. The van der Waals surface area contributed by atoms with Gasteiger partial charge in [-0.05, 0) is 114 Å². The maximum atomic E-state index is 13.1. The molecule has 7 heteroatoms. The summed E-state index contributed by atoms with van der Waals surface area (Å²) >= 11 is 4.34. The van der Waals surface area contributed by atoms with Crippen LogP contribution in [-0.4, -0.2) is 20.4 Å². The van der Waals surface area contributed by atoms with Crippen LogP contribution < -0.4 is 0 Å². The number of phenolic OH excluding ortho intramolecular Hbond substituents is 2. The molecule has 2 unspecified atom stereocenters. The SMILES string of the molecule is CC(C)(C)c1cc(C(O)(c2cccs2)c2ccc(C(O)(c3cc(C(C)(C)C)c(O)c(C(C)(C)C)c3)c3cccs3)s2)cc(C(C)(C)C)c1O. The third-order valence-corrected chi connectivity index (χ3v) is 12.6. The van der Waals surface area contributed by atoms with Crippen LogP contribution in [0.25, 0.3) is 0 Å². The van der Waals surface area contributed by atoms with E-state index in [0.717, 1.165) is 32.0 Å². The van der Waals surface area contributed by atoms with E-state index in [1.807, 2.05) is 71.4 Å². The van der Waals surface area contributed by atoms with Crippen LogP contribution in [0.3, 0.4) is 0 Å². The van der Waals surface area contributed by atoms with Crippen molar-refractivity contribution in [2.24, 2.45) is 0 Å². The van der Waals surface area contributed by atoms with Gasteiger partial charge in [0.05, 0.1) is 0 Å². The summed E-state index contributed by atoms with van der Waals surface area (Å²) in [5, 5.41) is 53.3. The lowest BCUT2D eigenvalue weighted by Gasteiger charge is -2.34. The lowest BCUT2D eigenvalue weighted by Crippen LogP contribution is -2.30. The minimum atomic E-state index is -1.55. The molecule has 262 valence electrons. The number of benzene rings is 2. The number of aliphatic hydroxyl groups is 2. The van der Waals surface area contributed by atoms with Crippen molar-refractivity contribution >= 4 is 34.0 Å². The topological polar surface area (TPSA) is 80.9 Å².